The van der Waals surface area contributed by atoms with Gasteiger partial charge in [-0.15, -0.1) is 0 Å². The van der Waals surface area contributed by atoms with Crippen LogP contribution in [0.2, 0.25) is 0 Å². The molecule has 27 heavy (non-hydrogen) atoms. The second kappa shape index (κ2) is 6.73. The number of aryl methyl sites for hydroxylation is 1. The number of pyridine rings is 1. The first-order valence-corrected chi connectivity index (χ1v) is 9.71. The SMILES string of the molecule is Cc1c(-c2cccc(N3C=CN(C(C)C)[C@H]3C)[n+]2C)ccc2ccccc12. The van der Waals surface area contributed by atoms with Gasteiger partial charge in [-0.25, -0.2) is 9.47 Å². The predicted octanol–water partition coefficient (Wildman–Crippen LogP) is 4.99. The molecule has 1 aliphatic heterocycles. The van der Waals surface area contributed by atoms with Crippen LogP contribution in [0.3, 0.4) is 0 Å². The molecule has 4 rings (SSSR count). The van der Waals surface area contributed by atoms with Gasteiger partial charge in [-0.3, -0.25) is 0 Å². The normalized spacial score (nSPS) is 16.7. The van der Waals surface area contributed by atoms with Crippen molar-refractivity contribution < 1.29 is 4.57 Å². The van der Waals surface area contributed by atoms with Crippen molar-refractivity contribution in [3.63, 3.8) is 0 Å². The summed E-state index contributed by atoms with van der Waals surface area (Å²) in [6, 6.07) is 20.1. The van der Waals surface area contributed by atoms with Crippen LogP contribution >= 0.6 is 0 Å². The minimum Gasteiger partial charge on any atom is -0.334 e. The molecule has 0 unspecified atom stereocenters. The molecule has 2 aromatic carbocycles. The lowest BCUT2D eigenvalue weighted by Gasteiger charge is -2.28. The van der Waals surface area contributed by atoms with Crippen LogP contribution in [0, 0.1) is 6.92 Å². The van der Waals surface area contributed by atoms with Crippen molar-refractivity contribution in [3.05, 3.63) is 72.6 Å². The summed E-state index contributed by atoms with van der Waals surface area (Å²) in [5.74, 6) is 1.20. The van der Waals surface area contributed by atoms with Gasteiger partial charge in [-0.2, -0.15) is 0 Å². The van der Waals surface area contributed by atoms with E-state index in [2.05, 4.69) is 116 Å². The first-order chi connectivity index (χ1) is 13.0. The number of aromatic nitrogens is 1. The summed E-state index contributed by atoms with van der Waals surface area (Å²) >= 11 is 0. The maximum atomic E-state index is 2.38. The maximum Gasteiger partial charge on any atom is 0.283 e. The van der Waals surface area contributed by atoms with E-state index in [4.69, 9.17) is 0 Å². The van der Waals surface area contributed by atoms with E-state index in [-0.39, 0.29) is 0 Å². The van der Waals surface area contributed by atoms with Crippen LogP contribution in [-0.2, 0) is 7.05 Å². The highest BCUT2D eigenvalue weighted by atomic mass is 15.4. The van der Waals surface area contributed by atoms with Gasteiger partial charge >= 0.3 is 0 Å². The third kappa shape index (κ3) is 2.87. The molecule has 0 spiro atoms. The lowest BCUT2D eigenvalue weighted by Crippen LogP contribution is -2.45. The summed E-state index contributed by atoms with van der Waals surface area (Å²) in [5, 5.41) is 2.61. The Labute approximate surface area is 162 Å². The Kier molecular flexibility index (Phi) is 4.39. The summed E-state index contributed by atoms with van der Waals surface area (Å²) < 4.78 is 2.31. The summed E-state index contributed by atoms with van der Waals surface area (Å²) in [5.41, 5.74) is 3.85. The number of rotatable bonds is 3. The Morgan fingerprint density at radius 2 is 1.70 bits per heavy atom. The summed E-state index contributed by atoms with van der Waals surface area (Å²) in [6.07, 6.45) is 4.70. The van der Waals surface area contributed by atoms with Crippen LogP contribution in [0.15, 0.2) is 67.0 Å². The summed E-state index contributed by atoms with van der Waals surface area (Å²) in [6.45, 7) is 8.95. The molecular weight excluding hydrogens is 330 g/mol. The molecule has 3 nitrogen and oxygen atoms in total. The fraction of sp³-hybridized carbons (Fsp3) is 0.292. The van der Waals surface area contributed by atoms with E-state index in [0.717, 1.165) is 0 Å². The fourth-order valence-corrected chi connectivity index (χ4v) is 4.22. The van der Waals surface area contributed by atoms with Crippen LogP contribution in [0.5, 0.6) is 0 Å². The number of benzene rings is 2. The molecule has 0 radical (unpaired) electrons. The number of hydrogen-bond acceptors (Lipinski definition) is 2. The van der Waals surface area contributed by atoms with E-state index in [1.165, 1.54) is 33.4 Å². The van der Waals surface area contributed by atoms with Crippen molar-refractivity contribution in [1.82, 2.24) is 4.90 Å². The molecule has 0 saturated heterocycles. The minimum absolute atomic E-state index is 0.309. The molecule has 0 amide bonds. The van der Waals surface area contributed by atoms with Crippen molar-refractivity contribution in [2.75, 3.05) is 4.90 Å². The second-order valence-corrected chi connectivity index (χ2v) is 7.67. The van der Waals surface area contributed by atoms with E-state index in [1.54, 1.807) is 0 Å². The molecule has 2 heterocycles. The molecule has 0 fully saturated rings. The number of hydrogen-bond donors (Lipinski definition) is 0. The number of nitrogens with zero attached hydrogens (tertiary/aromatic N) is 3. The largest absolute Gasteiger partial charge is 0.334 e. The lowest BCUT2D eigenvalue weighted by molar-refractivity contribution is -0.647. The molecule has 0 aliphatic carbocycles. The Morgan fingerprint density at radius 3 is 2.44 bits per heavy atom. The molecule has 0 bridgehead atoms. The van der Waals surface area contributed by atoms with Gasteiger partial charge in [0.25, 0.3) is 5.82 Å². The van der Waals surface area contributed by atoms with E-state index in [9.17, 15) is 0 Å². The highest BCUT2D eigenvalue weighted by Crippen LogP contribution is 2.30. The zero-order valence-electron chi connectivity index (χ0n) is 16.8. The quantitative estimate of drug-likeness (QED) is 0.611. The van der Waals surface area contributed by atoms with Gasteiger partial charge in [0.1, 0.15) is 11.9 Å². The maximum absolute atomic E-state index is 2.38. The molecule has 0 N–H and O–H groups in total. The van der Waals surface area contributed by atoms with Gasteiger partial charge < -0.3 is 4.90 Å². The first-order valence-electron chi connectivity index (χ1n) is 9.71. The smallest absolute Gasteiger partial charge is 0.283 e. The zero-order chi connectivity index (χ0) is 19.1. The third-order valence-electron chi connectivity index (χ3n) is 5.77. The van der Waals surface area contributed by atoms with Gasteiger partial charge in [0.15, 0.2) is 6.17 Å². The van der Waals surface area contributed by atoms with Crippen molar-refractivity contribution in [2.24, 2.45) is 7.05 Å². The molecule has 3 heteroatoms. The number of fused-ring (bicyclic) bond motifs is 1. The summed E-state index contributed by atoms with van der Waals surface area (Å²) in [4.78, 5) is 4.73. The van der Waals surface area contributed by atoms with Crippen LogP contribution in [-0.4, -0.2) is 17.1 Å². The number of anilines is 1. The monoisotopic (exact) mass is 358 g/mol. The van der Waals surface area contributed by atoms with Crippen LogP contribution in [0.4, 0.5) is 5.82 Å². The molecule has 138 valence electrons. The third-order valence-corrected chi connectivity index (χ3v) is 5.77. The average molecular weight is 359 g/mol. The lowest BCUT2D eigenvalue weighted by atomic mass is 9.97. The van der Waals surface area contributed by atoms with E-state index >= 15 is 0 Å². The van der Waals surface area contributed by atoms with E-state index in [1.807, 2.05) is 0 Å². The molecule has 1 aliphatic rings. The summed E-state index contributed by atoms with van der Waals surface area (Å²) in [7, 11) is 2.16. The van der Waals surface area contributed by atoms with Gasteiger partial charge in [-0.05, 0) is 62.2 Å². The molecular formula is C24H28N3+. The molecule has 3 aromatic rings. The van der Waals surface area contributed by atoms with Crippen molar-refractivity contribution in [3.8, 4) is 11.3 Å². The Hall–Kier alpha value is -2.81. The fourth-order valence-electron chi connectivity index (χ4n) is 4.22. The van der Waals surface area contributed by atoms with Crippen molar-refractivity contribution in [1.29, 1.82) is 0 Å². The van der Waals surface area contributed by atoms with Crippen LogP contribution in [0.25, 0.3) is 22.0 Å². The van der Waals surface area contributed by atoms with E-state index < -0.39 is 0 Å². The first kappa shape index (κ1) is 17.6. The minimum atomic E-state index is 0.309. The van der Waals surface area contributed by atoms with Crippen molar-refractivity contribution >= 4 is 16.6 Å². The topological polar surface area (TPSA) is 10.4 Å². The van der Waals surface area contributed by atoms with Gasteiger partial charge in [0.05, 0.1) is 7.05 Å². The van der Waals surface area contributed by atoms with Crippen molar-refractivity contribution in [2.45, 2.75) is 39.9 Å². The molecule has 0 saturated carbocycles. The van der Waals surface area contributed by atoms with Crippen LogP contribution < -0.4 is 9.47 Å². The van der Waals surface area contributed by atoms with E-state index in [0.29, 0.717) is 12.2 Å². The highest BCUT2D eigenvalue weighted by Gasteiger charge is 2.33. The highest BCUT2D eigenvalue weighted by molar-refractivity contribution is 5.90. The van der Waals surface area contributed by atoms with Gasteiger partial charge in [0, 0.05) is 23.9 Å². The molecule has 1 aromatic heterocycles. The van der Waals surface area contributed by atoms with Crippen LogP contribution in [0.1, 0.15) is 26.3 Å². The Bertz CT molecular complexity index is 1020. The zero-order valence-corrected chi connectivity index (χ0v) is 16.8. The standard InChI is InChI=1S/C24H28N3/c1-17(2)26-15-16-27(19(26)4)24-12-8-11-23(25(24)5)22-14-13-20-9-6-7-10-21(20)18(22)3/h6-17,19H,1-5H3/q+1/t19-/m1/s1. The molecule has 1 atom stereocenters. The Balaban J connectivity index is 1.80. The van der Waals surface area contributed by atoms with Gasteiger partial charge in [0.2, 0.25) is 0 Å². The predicted molar refractivity (Wildman–Crippen MR) is 113 cm³/mol. The Morgan fingerprint density at radius 1 is 0.926 bits per heavy atom. The average Bonchev–Trinajstić information content (AvgIpc) is 3.04. The van der Waals surface area contributed by atoms with Gasteiger partial charge in [-0.1, -0.05) is 30.3 Å². The second-order valence-electron chi connectivity index (χ2n) is 7.67.